The van der Waals surface area contributed by atoms with Crippen molar-refractivity contribution in [1.29, 1.82) is 0 Å². The molecule has 0 fully saturated rings. The summed E-state index contributed by atoms with van der Waals surface area (Å²) in [6.07, 6.45) is 6.14. The van der Waals surface area contributed by atoms with E-state index in [1.54, 1.807) is 7.85 Å². The second-order valence-electron chi connectivity index (χ2n) is 3.87. The van der Waals surface area contributed by atoms with Crippen molar-refractivity contribution in [3.05, 3.63) is 42.0 Å². The predicted octanol–water partition coefficient (Wildman–Crippen LogP) is 2.21. The maximum atomic E-state index is 11.0. The number of hydrogen-bond donors (Lipinski definition) is 1. The van der Waals surface area contributed by atoms with Crippen molar-refractivity contribution < 1.29 is 4.79 Å². The summed E-state index contributed by atoms with van der Waals surface area (Å²) in [6.45, 7) is 2.12. The third-order valence-electron chi connectivity index (χ3n) is 2.31. The van der Waals surface area contributed by atoms with Crippen LogP contribution in [0.5, 0.6) is 0 Å². The zero-order chi connectivity index (χ0) is 11.8. The molecule has 1 rings (SSSR count). The van der Waals surface area contributed by atoms with Gasteiger partial charge in [0, 0.05) is 6.04 Å². The van der Waals surface area contributed by atoms with Gasteiger partial charge in [-0.3, -0.25) is 4.79 Å². The van der Waals surface area contributed by atoms with Gasteiger partial charge in [-0.1, -0.05) is 55.8 Å². The Morgan fingerprint density at radius 3 is 2.69 bits per heavy atom. The van der Waals surface area contributed by atoms with Crippen LogP contribution in [0.4, 0.5) is 4.79 Å². The van der Waals surface area contributed by atoms with Crippen LogP contribution in [0.3, 0.4) is 0 Å². The highest BCUT2D eigenvalue weighted by Gasteiger charge is 2.03. The average molecular weight is 215 g/mol. The topological polar surface area (TPSA) is 29.1 Å². The molecule has 0 aliphatic carbocycles. The van der Waals surface area contributed by atoms with Crippen molar-refractivity contribution in [2.24, 2.45) is 0 Å². The maximum Gasteiger partial charge on any atom is 0.215 e. The highest BCUT2D eigenvalue weighted by molar-refractivity contribution is 6.57. The van der Waals surface area contributed by atoms with Gasteiger partial charge in [0.15, 0.2) is 5.81 Å². The summed E-state index contributed by atoms with van der Waals surface area (Å²) in [5, 5.41) is 2.93. The van der Waals surface area contributed by atoms with E-state index < -0.39 is 0 Å². The normalized spacial score (nSPS) is 12.6. The first kappa shape index (κ1) is 12.6. The Hall–Kier alpha value is -1.51. The fourth-order valence-corrected chi connectivity index (χ4v) is 1.58. The molecule has 1 aromatic rings. The minimum Gasteiger partial charge on any atom is -0.359 e. The third kappa shape index (κ3) is 4.83. The predicted molar refractivity (Wildman–Crippen MR) is 71.2 cm³/mol. The van der Waals surface area contributed by atoms with E-state index in [9.17, 15) is 4.79 Å². The molecule has 3 heteroatoms. The molecule has 0 bridgehead atoms. The number of hydrogen-bond acceptors (Lipinski definition) is 1. The van der Waals surface area contributed by atoms with Gasteiger partial charge in [0.05, 0.1) is 0 Å². The highest BCUT2D eigenvalue weighted by atomic mass is 16.1. The fraction of sp³-hybridized carbons (Fsp3) is 0.308. The number of nitrogens with one attached hydrogen (secondary N) is 1. The molecule has 1 atom stereocenters. The molecule has 0 aliphatic rings. The van der Waals surface area contributed by atoms with Crippen molar-refractivity contribution in [3.63, 3.8) is 0 Å². The van der Waals surface area contributed by atoms with Crippen molar-refractivity contribution in [3.8, 4) is 0 Å². The molecule has 0 unspecified atom stereocenters. The Morgan fingerprint density at radius 1 is 1.44 bits per heavy atom. The number of carbonyl (C=O) groups excluding carboxylic acids is 1. The van der Waals surface area contributed by atoms with Crippen LogP contribution in [0, 0.1) is 0 Å². The molecule has 0 radical (unpaired) electrons. The highest BCUT2D eigenvalue weighted by Crippen LogP contribution is 2.05. The van der Waals surface area contributed by atoms with Crippen LogP contribution in [0.15, 0.2) is 36.4 Å². The van der Waals surface area contributed by atoms with Crippen LogP contribution in [0.1, 0.15) is 25.3 Å². The molecule has 16 heavy (non-hydrogen) atoms. The van der Waals surface area contributed by atoms with Crippen molar-refractivity contribution in [2.45, 2.75) is 25.8 Å². The molecule has 84 valence electrons. The summed E-state index contributed by atoms with van der Waals surface area (Å²) in [4.78, 5) is 11.0. The lowest BCUT2D eigenvalue weighted by Gasteiger charge is -2.12. The minimum atomic E-state index is 0.0242. The van der Waals surface area contributed by atoms with Crippen LogP contribution in [-0.4, -0.2) is 19.7 Å². The zero-order valence-electron chi connectivity index (χ0n) is 9.94. The first-order valence-corrected chi connectivity index (χ1v) is 5.72. The lowest BCUT2D eigenvalue weighted by molar-refractivity contribution is 0.257. The smallest absolute Gasteiger partial charge is 0.215 e. The molecule has 0 saturated heterocycles. The summed E-state index contributed by atoms with van der Waals surface area (Å²) in [7, 11) is 1.55. The molecule has 0 aliphatic heterocycles. The molecule has 0 aromatic heterocycles. The second kappa shape index (κ2) is 6.88. The zero-order valence-corrected chi connectivity index (χ0v) is 9.94. The number of rotatable bonds is 5. The SMILES string of the molecule is BC(=O)N[C@H](/C=C/c1ccccc1)CCC. The molecule has 0 heterocycles. The van der Waals surface area contributed by atoms with Gasteiger partial charge in [0.25, 0.3) is 0 Å². The summed E-state index contributed by atoms with van der Waals surface area (Å²) >= 11 is 0. The van der Waals surface area contributed by atoms with Crippen LogP contribution in [-0.2, 0) is 0 Å². The monoisotopic (exact) mass is 215 g/mol. The standard InChI is InChI=1S/C13H18BNO/c1-2-6-12(15-13(14)16)10-9-11-7-4-3-5-8-11/h3-5,7-10,12H,2,6,14H2,1H3,(H,15,16)/b10-9+/t12-/m0/s1. The van der Waals surface area contributed by atoms with E-state index in [1.165, 1.54) is 0 Å². The van der Waals surface area contributed by atoms with Gasteiger partial charge in [-0.05, 0) is 12.0 Å². The number of benzene rings is 1. The average Bonchev–Trinajstić information content (AvgIpc) is 2.27. The quantitative estimate of drug-likeness (QED) is 0.749. The Labute approximate surface area is 98.2 Å². The van der Waals surface area contributed by atoms with E-state index in [4.69, 9.17) is 0 Å². The number of carbonyl (C=O) groups is 1. The Bertz CT molecular complexity index is 348. The summed E-state index contributed by atoms with van der Waals surface area (Å²) in [5.41, 5.74) is 1.16. The van der Waals surface area contributed by atoms with Crippen LogP contribution >= 0.6 is 0 Å². The Kier molecular flexibility index (Phi) is 5.41. The van der Waals surface area contributed by atoms with Gasteiger partial charge in [-0.15, -0.1) is 0 Å². The van der Waals surface area contributed by atoms with Crippen molar-refractivity contribution >= 4 is 19.7 Å². The maximum absolute atomic E-state index is 11.0. The molecule has 1 amide bonds. The van der Waals surface area contributed by atoms with Gasteiger partial charge in [0.1, 0.15) is 0 Å². The molecule has 1 N–H and O–H groups in total. The molecule has 0 spiro atoms. The van der Waals surface area contributed by atoms with Gasteiger partial charge in [-0.2, -0.15) is 0 Å². The van der Waals surface area contributed by atoms with Gasteiger partial charge >= 0.3 is 0 Å². The van der Waals surface area contributed by atoms with E-state index >= 15 is 0 Å². The third-order valence-corrected chi connectivity index (χ3v) is 2.31. The van der Waals surface area contributed by atoms with Crippen molar-refractivity contribution in [2.75, 3.05) is 0 Å². The van der Waals surface area contributed by atoms with Crippen LogP contribution in [0.25, 0.3) is 6.08 Å². The molecule has 1 aromatic carbocycles. The summed E-state index contributed by atoms with van der Waals surface area (Å²) in [5.74, 6) is 0.0242. The lowest BCUT2D eigenvalue weighted by atomic mass is 10.1. The first-order chi connectivity index (χ1) is 7.72. The fourth-order valence-electron chi connectivity index (χ4n) is 1.58. The number of amides is 1. The minimum absolute atomic E-state index is 0.0242. The largest absolute Gasteiger partial charge is 0.359 e. The van der Waals surface area contributed by atoms with Crippen LogP contribution in [0.2, 0.25) is 0 Å². The van der Waals surface area contributed by atoms with Gasteiger partial charge in [0.2, 0.25) is 7.85 Å². The van der Waals surface area contributed by atoms with Gasteiger partial charge < -0.3 is 5.32 Å². The van der Waals surface area contributed by atoms with E-state index in [-0.39, 0.29) is 11.8 Å². The Balaban J connectivity index is 2.60. The van der Waals surface area contributed by atoms with E-state index in [0.29, 0.717) is 0 Å². The summed E-state index contributed by atoms with van der Waals surface area (Å²) < 4.78 is 0. The van der Waals surface area contributed by atoms with Crippen molar-refractivity contribution in [1.82, 2.24) is 5.32 Å². The van der Waals surface area contributed by atoms with E-state index in [2.05, 4.69) is 24.4 Å². The molecule has 2 nitrogen and oxygen atoms in total. The van der Waals surface area contributed by atoms with E-state index in [1.807, 2.05) is 30.3 Å². The molecular weight excluding hydrogens is 197 g/mol. The lowest BCUT2D eigenvalue weighted by Crippen LogP contribution is -2.32. The van der Waals surface area contributed by atoms with Gasteiger partial charge in [-0.25, -0.2) is 0 Å². The first-order valence-electron chi connectivity index (χ1n) is 5.72. The Morgan fingerprint density at radius 2 is 2.12 bits per heavy atom. The van der Waals surface area contributed by atoms with E-state index in [0.717, 1.165) is 18.4 Å². The molecular formula is C13H18BNO. The second-order valence-corrected chi connectivity index (χ2v) is 3.87. The van der Waals surface area contributed by atoms with Crippen LogP contribution < -0.4 is 5.32 Å². The summed E-state index contributed by atoms with van der Waals surface area (Å²) in [6, 6.07) is 10.2. The molecule has 0 saturated carbocycles.